The molecule has 0 bridgehead atoms. The molecule has 0 aromatic rings. The van der Waals surface area contributed by atoms with Crippen molar-refractivity contribution in [2.24, 2.45) is 11.8 Å². The van der Waals surface area contributed by atoms with E-state index in [2.05, 4.69) is 12.2 Å². The summed E-state index contributed by atoms with van der Waals surface area (Å²) in [6.45, 7) is 0. The van der Waals surface area contributed by atoms with Gasteiger partial charge in [-0.1, -0.05) is 12.2 Å². The predicted molar refractivity (Wildman–Crippen MR) is 25.4 cm³/mol. The van der Waals surface area contributed by atoms with Gasteiger partial charge >= 0.3 is 0 Å². The average Bonchev–Trinajstić information content (AvgIpc) is 2.17. The summed E-state index contributed by atoms with van der Waals surface area (Å²) in [5.41, 5.74) is 0. The van der Waals surface area contributed by atoms with Crippen molar-refractivity contribution >= 4 is 0 Å². The quantitative estimate of drug-likeness (QED) is 0.387. The van der Waals surface area contributed by atoms with E-state index in [4.69, 9.17) is 0 Å². The third kappa shape index (κ3) is 0.204. The summed E-state index contributed by atoms with van der Waals surface area (Å²) in [5, 5.41) is 0. The lowest BCUT2D eigenvalue weighted by Gasteiger charge is -1.72. The molecule has 0 spiro atoms. The maximum absolute atomic E-state index is 2.35. The monoisotopic (exact) mass is 80.1 g/mol. The van der Waals surface area contributed by atoms with E-state index in [1.165, 1.54) is 12.8 Å². The Hall–Kier alpha value is -0.260. The van der Waals surface area contributed by atoms with Crippen LogP contribution in [0.4, 0.5) is 0 Å². The molecule has 2 aliphatic carbocycles. The second kappa shape index (κ2) is 0.699. The molecule has 0 heterocycles. The zero-order valence-corrected chi connectivity index (χ0v) is 3.72. The molecule has 0 nitrogen and oxygen atoms in total. The fourth-order valence-corrected chi connectivity index (χ4v) is 1.21. The van der Waals surface area contributed by atoms with Gasteiger partial charge in [-0.2, -0.15) is 0 Å². The van der Waals surface area contributed by atoms with E-state index in [-0.39, 0.29) is 0 Å². The first-order valence-corrected chi connectivity index (χ1v) is 2.63. The molecule has 2 aliphatic rings. The average molecular weight is 80.1 g/mol. The predicted octanol–water partition coefficient (Wildman–Crippen LogP) is 1.58. The number of rotatable bonds is 0. The number of allylic oxidation sites excluding steroid dienone is 2. The SMILES string of the molecule is C1=C[C@H]2C[C@H]2C1. The first kappa shape index (κ1) is 2.84. The van der Waals surface area contributed by atoms with Crippen LogP contribution >= 0.6 is 0 Å². The van der Waals surface area contributed by atoms with Crippen molar-refractivity contribution in [2.45, 2.75) is 12.8 Å². The van der Waals surface area contributed by atoms with Gasteiger partial charge in [0.15, 0.2) is 0 Å². The molecule has 6 heavy (non-hydrogen) atoms. The van der Waals surface area contributed by atoms with Crippen molar-refractivity contribution in [3.63, 3.8) is 0 Å². The van der Waals surface area contributed by atoms with E-state index < -0.39 is 0 Å². The molecule has 0 aromatic carbocycles. The molecule has 0 aromatic heterocycles. The standard InChI is InChI=1S/C6H8/c1-2-5-4-6(5)3-1/h1-2,5-6H,3-4H2/t5-,6+/m0/s1. The molecule has 1 fully saturated rings. The Labute approximate surface area is 37.9 Å². The van der Waals surface area contributed by atoms with Gasteiger partial charge in [-0.15, -0.1) is 0 Å². The maximum Gasteiger partial charge on any atom is -0.0199 e. The Morgan fingerprint density at radius 1 is 1.50 bits per heavy atom. The first-order valence-electron chi connectivity index (χ1n) is 2.63. The van der Waals surface area contributed by atoms with Gasteiger partial charge in [0.05, 0.1) is 0 Å². The van der Waals surface area contributed by atoms with Crippen molar-refractivity contribution in [2.75, 3.05) is 0 Å². The molecular formula is C6H8. The summed E-state index contributed by atoms with van der Waals surface area (Å²) in [6, 6.07) is 0. The highest BCUT2D eigenvalue weighted by Crippen LogP contribution is 2.46. The van der Waals surface area contributed by atoms with Crippen molar-refractivity contribution in [1.82, 2.24) is 0 Å². The Bertz CT molecular complexity index is 92.2. The molecule has 32 valence electrons. The fraction of sp³-hybridized carbons (Fsp3) is 0.667. The maximum atomic E-state index is 2.35. The lowest BCUT2D eigenvalue weighted by molar-refractivity contribution is 0.855. The third-order valence-electron chi connectivity index (χ3n) is 1.80. The Balaban J connectivity index is 2.26. The first-order chi connectivity index (χ1) is 2.97. The van der Waals surface area contributed by atoms with Crippen molar-refractivity contribution in [3.05, 3.63) is 12.2 Å². The molecule has 0 unspecified atom stereocenters. The van der Waals surface area contributed by atoms with Gasteiger partial charge in [-0.05, 0) is 24.7 Å². The summed E-state index contributed by atoms with van der Waals surface area (Å²) in [7, 11) is 0. The fourth-order valence-electron chi connectivity index (χ4n) is 1.21. The van der Waals surface area contributed by atoms with Crippen LogP contribution in [0, 0.1) is 11.8 Å². The van der Waals surface area contributed by atoms with Crippen molar-refractivity contribution in [1.29, 1.82) is 0 Å². The van der Waals surface area contributed by atoms with Gasteiger partial charge in [0.1, 0.15) is 0 Å². The van der Waals surface area contributed by atoms with E-state index in [0.29, 0.717) is 0 Å². The molecule has 1 saturated carbocycles. The minimum Gasteiger partial charge on any atom is -0.0880 e. The Kier molecular flexibility index (Phi) is 0.331. The zero-order valence-electron chi connectivity index (χ0n) is 3.72. The molecule has 2 rings (SSSR count). The third-order valence-corrected chi connectivity index (χ3v) is 1.80. The van der Waals surface area contributed by atoms with Crippen LogP contribution in [0.2, 0.25) is 0 Å². The highest BCUT2D eigenvalue weighted by molar-refractivity contribution is 5.11. The van der Waals surface area contributed by atoms with E-state index in [0.717, 1.165) is 11.8 Å². The molecule has 2 atom stereocenters. The molecule has 0 saturated heterocycles. The van der Waals surface area contributed by atoms with Gasteiger partial charge in [-0.25, -0.2) is 0 Å². The van der Waals surface area contributed by atoms with Crippen molar-refractivity contribution in [3.8, 4) is 0 Å². The van der Waals surface area contributed by atoms with E-state index in [1.807, 2.05) is 0 Å². The van der Waals surface area contributed by atoms with Crippen LogP contribution in [0.5, 0.6) is 0 Å². The van der Waals surface area contributed by atoms with Gasteiger partial charge in [0.2, 0.25) is 0 Å². The van der Waals surface area contributed by atoms with E-state index in [1.54, 1.807) is 0 Å². The van der Waals surface area contributed by atoms with Crippen LogP contribution in [-0.4, -0.2) is 0 Å². The molecule has 0 amide bonds. The van der Waals surface area contributed by atoms with Crippen LogP contribution < -0.4 is 0 Å². The lowest BCUT2D eigenvalue weighted by atomic mass is 10.3. The van der Waals surface area contributed by atoms with E-state index >= 15 is 0 Å². The molecule has 0 aliphatic heterocycles. The van der Waals surface area contributed by atoms with Gasteiger partial charge in [-0.3, -0.25) is 0 Å². The second-order valence-corrected chi connectivity index (χ2v) is 2.32. The van der Waals surface area contributed by atoms with Gasteiger partial charge in [0, 0.05) is 0 Å². The molecular weight excluding hydrogens is 72.1 g/mol. The van der Waals surface area contributed by atoms with Crippen molar-refractivity contribution < 1.29 is 0 Å². The summed E-state index contributed by atoms with van der Waals surface area (Å²) < 4.78 is 0. The minimum absolute atomic E-state index is 1.03. The number of hydrogen-bond acceptors (Lipinski definition) is 0. The van der Waals surface area contributed by atoms with Crippen LogP contribution in [-0.2, 0) is 0 Å². The summed E-state index contributed by atoms with van der Waals surface area (Å²) in [6.07, 6.45) is 7.53. The molecule has 0 radical (unpaired) electrons. The van der Waals surface area contributed by atoms with Gasteiger partial charge in [0.25, 0.3) is 0 Å². The summed E-state index contributed by atoms with van der Waals surface area (Å²) >= 11 is 0. The summed E-state index contributed by atoms with van der Waals surface area (Å²) in [5.74, 6) is 2.13. The highest BCUT2D eigenvalue weighted by Gasteiger charge is 2.36. The number of hydrogen-bond donors (Lipinski definition) is 0. The smallest absolute Gasteiger partial charge is 0.0199 e. The molecule has 0 N–H and O–H groups in total. The van der Waals surface area contributed by atoms with Gasteiger partial charge < -0.3 is 0 Å². The Morgan fingerprint density at radius 2 is 2.50 bits per heavy atom. The van der Waals surface area contributed by atoms with Crippen LogP contribution in [0.3, 0.4) is 0 Å². The second-order valence-electron chi connectivity index (χ2n) is 2.32. The Morgan fingerprint density at radius 3 is 2.67 bits per heavy atom. The summed E-state index contributed by atoms with van der Waals surface area (Å²) in [4.78, 5) is 0. The van der Waals surface area contributed by atoms with Crippen LogP contribution in [0.1, 0.15) is 12.8 Å². The lowest BCUT2D eigenvalue weighted by Crippen LogP contribution is -1.61. The van der Waals surface area contributed by atoms with Crippen LogP contribution in [0.15, 0.2) is 12.2 Å². The normalized spacial score (nSPS) is 49.3. The molecule has 0 heteroatoms. The van der Waals surface area contributed by atoms with E-state index in [9.17, 15) is 0 Å². The van der Waals surface area contributed by atoms with Crippen LogP contribution in [0.25, 0.3) is 0 Å². The topological polar surface area (TPSA) is 0 Å². The number of fused-ring (bicyclic) bond motifs is 1. The highest BCUT2D eigenvalue weighted by atomic mass is 14.4. The largest absolute Gasteiger partial charge is 0.0880 e. The minimum atomic E-state index is 1.03. The zero-order chi connectivity index (χ0) is 3.98.